The number of hydrazone groups is 1. The van der Waals surface area contributed by atoms with Gasteiger partial charge in [-0.2, -0.15) is 5.10 Å². The number of benzene rings is 3. The minimum absolute atomic E-state index is 0.0781. The lowest BCUT2D eigenvalue weighted by Gasteiger charge is -2.38. The molecule has 5 rings (SSSR count). The fourth-order valence-corrected chi connectivity index (χ4v) is 4.46. The average molecular weight is 433 g/mol. The van der Waals surface area contributed by atoms with Gasteiger partial charge in [0.25, 0.3) is 0 Å². The monoisotopic (exact) mass is 432 g/mol. The average Bonchev–Trinajstić information content (AvgIpc) is 3.24. The Hall–Kier alpha value is -2.98. The summed E-state index contributed by atoms with van der Waals surface area (Å²) < 4.78 is 11.8. The molecule has 5 heteroatoms. The highest BCUT2D eigenvalue weighted by Gasteiger charge is 2.41. The summed E-state index contributed by atoms with van der Waals surface area (Å²) >= 11 is 6.33. The van der Waals surface area contributed by atoms with Crippen molar-refractivity contribution in [3.05, 3.63) is 94.0 Å². The molecule has 0 fully saturated rings. The van der Waals surface area contributed by atoms with Crippen LogP contribution in [0.5, 0.6) is 11.5 Å². The molecular weight excluding hydrogens is 408 g/mol. The lowest BCUT2D eigenvalue weighted by Crippen LogP contribution is -2.33. The van der Waals surface area contributed by atoms with Gasteiger partial charge in [-0.05, 0) is 59.5 Å². The molecule has 4 nitrogen and oxygen atoms in total. The molecule has 0 spiro atoms. The van der Waals surface area contributed by atoms with Crippen LogP contribution in [0, 0.1) is 0 Å². The van der Waals surface area contributed by atoms with E-state index in [9.17, 15) is 0 Å². The van der Waals surface area contributed by atoms with Gasteiger partial charge in [-0.1, -0.05) is 49.7 Å². The Kier molecular flexibility index (Phi) is 5.11. The Morgan fingerprint density at radius 1 is 1.03 bits per heavy atom. The molecule has 2 heterocycles. The highest BCUT2D eigenvalue weighted by molar-refractivity contribution is 6.30. The van der Waals surface area contributed by atoms with E-state index >= 15 is 0 Å². The number of ether oxygens (including phenoxy) is 2. The van der Waals surface area contributed by atoms with E-state index < -0.39 is 0 Å². The van der Waals surface area contributed by atoms with Gasteiger partial charge in [-0.15, -0.1) is 0 Å². The quantitative estimate of drug-likeness (QED) is 0.459. The summed E-state index contributed by atoms with van der Waals surface area (Å²) in [5, 5.41) is 7.81. The van der Waals surface area contributed by atoms with Crippen LogP contribution in [0.4, 0.5) is 0 Å². The standard InChI is InChI=1S/C26H25ClN2O2/c1-16(2)17-4-6-19(7-5-17)26-29-24(22-14-20(27)10-13-25(22)31-26)15-23(28-29)18-8-11-21(30-3)12-9-18/h4-14,16,24,26H,15H2,1-3H3/t24-,26-/m1/s1. The number of hydrogen-bond acceptors (Lipinski definition) is 4. The molecule has 0 radical (unpaired) electrons. The van der Waals surface area contributed by atoms with Crippen molar-refractivity contribution < 1.29 is 9.47 Å². The Balaban J connectivity index is 1.55. The van der Waals surface area contributed by atoms with Crippen LogP contribution in [0.25, 0.3) is 0 Å². The fourth-order valence-electron chi connectivity index (χ4n) is 4.28. The minimum Gasteiger partial charge on any atom is -0.497 e. The number of rotatable bonds is 4. The van der Waals surface area contributed by atoms with Crippen molar-refractivity contribution in [2.24, 2.45) is 5.10 Å². The topological polar surface area (TPSA) is 34.1 Å². The van der Waals surface area contributed by atoms with Crippen molar-refractivity contribution in [3.63, 3.8) is 0 Å². The zero-order valence-electron chi connectivity index (χ0n) is 17.9. The second kappa shape index (κ2) is 7.93. The molecule has 0 amide bonds. The highest BCUT2D eigenvalue weighted by atomic mass is 35.5. The van der Waals surface area contributed by atoms with Crippen molar-refractivity contribution in [2.45, 2.75) is 38.5 Å². The maximum Gasteiger partial charge on any atom is 0.213 e. The predicted octanol–water partition coefficient (Wildman–Crippen LogP) is 6.71. The first kappa shape index (κ1) is 20.0. The molecule has 158 valence electrons. The normalized spacial score (nSPS) is 19.5. The first-order valence-electron chi connectivity index (χ1n) is 10.6. The van der Waals surface area contributed by atoms with Crippen LogP contribution in [0.1, 0.15) is 60.7 Å². The number of fused-ring (bicyclic) bond motifs is 3. The van der Waals surface area contributed by atoms with Crippen LogP contribution >= 0.6 is 11.6 Å². The van der Waals surface area contributed by atoms with Gasteiger partial charge in [0.2, 0.25) is 6.23 Å². The third kappa shape index (κ3) is 3.66. The molecule has 2 atom stereocenters. The molecule has 3 aromatic rings. The smallest absolute Gasteiger partial charge is 0.213 e. The summed E-state index contributed by atoms with van der Waals surface area (Å²) in [6.07, 6.45) is 0.513. The van der Waals surface area contributed by atoms with E-state index in [2.05, 4.69) is 55.3 Å². The molecular formula is C26H25ClN2O2. The summed E-state index contributed by atoms with van der Waals surface area (Å²) in [5.41, 5.74) is 5.61. The summed E-state index contributed by atoms with van der Waals surface area (Å²) in [7, 11) is 1.68. The van der Waals surface area contributed by atoms with E-state index in [1.165, 1.54) is 5.56 Å². The van der Waals surface area contributed by atoms with Gasteiger partial charge in [0, 0.05) is 22.6 Å². The van der Waals surface area contributed by atoms with Crippen LogP contribution in [0.2, 0.25) is 5.02 Å². The van der Waals surface area contributed by atoms with Crippen molar-refractivity contribution in [2.75, 3.05) is 7.11 Å². The maximum atomic E-state index is 6.45. The van der Waals surface area contributed by atoms with Gasteiger partial charge in [0.15, 0.2) is 0 Å². The summed E-state index contributed by atoms with van der Waals surface area (Å²) in [5.74, 6) is 2.20. The second-order valence-electron chi connectivity index (χ2n) is 8.35. The van der Waals surface area contributed by atoms with Gasteiger partial charge >= 0.3 is 0 Å². The summed E-state index contributed by atoms with van der Waals surface area (Å²) in [6, 6.07) is 22.7. The summed E-state index contributed by atoms with van der Waals surface area (Å²) in [6.45, 7) is 4.40. The number of methoxy groups -OCH3 is 1. The fraction of sp³-hybridized carbons (Fsp3) is 0.269. The highest BCUT2D eigenvalue weighted by Crippen LogP contribution is 2.48. The zero-order valence-corrected chi connectivity index (χ0v) is 18.6. The van der Waals surface area contributed by atoms with Crippen molar-refractivity contribution in [1.29, 1.82) is 0 Å². The van der Waals surface area contributed by atoms with Crippen LogP contribution in [-0.4, -0.2) is 17.8 Å². The minimum atomic E-state index is -0.282. The van der Waals surface area contributed by atoms with E-state index in [-0.39, 0.29) is 12.3 Å². The molecule has 0 aliphatic carbocycles. The van der Waals surface area contributed by atoms with Crippen LogP contribution < -0.4 is 9.47 Å². The largest absolute Gasteiger partial charge is 0.497 e. The van der Waals surface area contributed by atoms with Crippen molar-refractivity contribution in [1.82, 2.24) is 5.01 Å². The molecule has 0 unspecified atom stereocenters. The van der Waals surface area contributed by atoms with Gasteiger partial charge in [0.05, 0.1) is 18.9 Å². The first-order valence-corrected chi connectivity index (χ1v) is 11.0. The molecule has 0 bridgehead atoms. The molecule has 31 heavy (non-hydrogen) atoms. The third-order valence-corrected chi connectivity index (χ3v) is 6.30. The zero-order chi connectivity index (χ0) is 21.5. The molecule has 2 aliphatic heterocycles. The van der Waals surface area contributed by atoms with Crippen LogP contribution in [0.3, 0.4) is 0 Å². The van der Waals surface area contributed by atoms with Crippen LogP contribution in [0.15, 0.2) is 71.8 Å². The molecule has 0 N–H and O–H groups in total. The Labute approximate surface area is 188 Å². The van der Waals surface area contributed by atoms with Gasteiger partial charge in [-0.3, -0.25) is 0 Å². The Bertz CT molecular complexity index is 1120. The molecule has 2 aliphatic rings. The maximum absolute atomic E-state index is 6.45. The Morgan fingerprint density at radius 3 is 2.45 bits per heavy atom. The second-order valence-corrected chi connectivity index (χ2v) is 8.79. The predicted molar refractivity (Wildman–Crippen MR) is 124 cm³/mol. The third-order valence-electron chi connectivity index (χ3n) is 6.06. The van der Waals surface area contributed by atoms with E-state index in [4.69, 9.17) is 26.2 Å². The molecule has 0 aromatic heterocycles. The van der Waals surface area contributed by atoms with Gasteiger partial charge < -0.3 is 9.47 Å². The van der Waals surface area contributed by atoms with E-state index in [1.807, 2.05) is 30.3 Å². The lowest BCUT2D eigenvalue weighted by atomic mass is 9.95. The Morgan fingerprint density at radius 2 is 1.77 bits per heavy atom. The molecule has 0 saturated carbocycles. The number of halogens is 1. The number of nitrogens with zero attached hydrogens (tertiary/aromatic N) is 2. The van der Waals surface area contributed by atoms with E-state index in [0.717, 1.165) is 40.3 Å². The molecule has 0 saturated heterocycles. The first-order chi connectivity index (χ1) is 15.0. The van der Waals surface area contributed by atoms with Crippen LogP contribution in [-0.2, 0) is 0 Å². The SMILES string of the molecule is COc1ccc(C2=NN3[C@H](C2)c2cc(Cl)ccc2O[C@@H]3c2ccc(C(C)C)cc2)cc1. The van der Waals surface area contributed by atoms with Crippen molar-refractivity contribution >= 4 is 17.3 Å². The number of hydrogen-bond donors (Lipinski definition) is 0. The van der Waals surface area contributed by atoms with Crippen molar-refractivity contribution in [3.8, 4) is 11.5 Å². The van der Waals surface area contributed by atoms with E-state index in [0.29, 0.717) is 10.9 Å². The van der Waals surface area contributed by atoms with Gasteiger partial charge in [0.1, 0.15) is 11.5 Å². The molecule has 3 aromatic carbocycles. The lowest BCUT2D eigenvalue weighted by molar-refractivity contribution is -0.0190. The van der Waals surface area contributed by atoms with E-state index in [1.54, 1.807) is 7.11 Å². The summed E-state index contributed by atoms with van der Waals surface area (Å²) in [4.78, 5) is 0. The van der Waals surface area contributed by atoms with Gasteiger partial charge in [-0.25, -0.2) is 5.01 Å².